The lowest BCUT2D eigenvalue weighted by Crippen LogP contribution is -2.39. The number of nitrogens with zero attached hydrogens (tertiary/aromatic N) is 2. The highest BCUT2D eigenvalue weighted by atomic mass is 35.5. The summed E-state index contributed by atoms with van der Waals surface area (Å²) in [7, 11) is 3.25. The van der Waals surface area contributed by atoms with Gasteiger partial charge in [-0.3, -0.25) is 24.1 Å². The zero-order valence-electron chi connectivity index (χ0n) is 15.5. The fourth-order valence-electron chi connectivity index (χ4n) is 4.47. The number of fused-ring (bicyclic) bond motifs is 5. The van der Waals surface area contributed by atoms with Crippen LogP contribution in [0.3, 0.4) is 0 Å². The Hall–Kier alpha value is -2.67. The standard InChI is InChI=1S/C20H20ClN3O4/c1-23(2)18(26)12-5-6-13(21)14(8-12)22-15(25)9-24-19(27)16-10-3-4-11(7-10)17(16)20(24)28/h3-6,8,10-11,16-17H,7,9H2,1-2H3,(H,22,25). The van der Waals surface area contributed by atoms with Crippen LogP contribution >= 0.6 is 11.6 Å². The first-order chi connectivity index (χ1) is 13.3. The monoisotopic (exact) mass is 401 g/mol. The summed E-state index contributed by atoms with van der Waals surface area (Å²) in [5.74, 6) is -1.77. The molecule has 0 aromatic heterocycles. The van der Waals surface area contributed by atoms with Gasteiger partial charge in [0.1, 0.15) is 6.54 Å². The number of nitrogens with one attached hydrogen (secondary N) is 1. The fourth-order valence-corrected chi connectivity index (χ4v) is 4.63. The minimum Gasteiger partial charge on any atom is -0.345 e. The Labute approximate surface area is 167 Å². The van der Waals surface area contributed by atoms with Crippen LogP contribution in [0.1, 0.15) is 16.8 Å². The van der Waals surface area contributed by atoms with E-state index < -0.39 is 5.91 Å². The number of likely N-dealkylation sites (tertiary alicyclic amines) is 1. The van der Waals surface area contributed by atoms with Crippen molar-refractivity contribution in [3.05, 3.63) is 40.9 Å². The van der Waals surface area contributed by atoms with Gasteiger partial charge >= 0.3 is 0 Å². The number of imide groups is 1. The molecule has 146 valence electrons. The summed E-state index contributed by atoms with van der Waals surface area (Å²) in [5.41, 5.74) is 0.635. The van der Waals surface area contributed by atoms with Crippen LogP contribution < -0.4 is 5.32 Å². The van der Waals surface area contributed by atoms with Gasteiger partial charge in [-0.25, -0.2) is 0 Å². The van der Waals surface area contributed by atoms with Gasteiger partial charge in [0.2, 0.25) is 17.7 Å². The van der Waals surface area contributed by atoms with E-state index in [9.17, 15) is 19.2 Å². The van der Waals surface area contributed by atoms with Gasteiger partial charge in [0.05, 0.1) is 22.5 Å². The van der Waals surface area contributed by atoms with E-state index in [1.54, 1.807) is 20.2 Å². The predicted molar refractivity (Wildman–Crippen MR) is 103 cm³/mol. The number of rotatable bonds is 4. The molecular weight excluding hydrogens is 382 g/mol. The maximum absolute atomic E-state index is 12.7. The molecule has 4 amide bonds. The zero-order valence-corrected chi connectivity index (χ0v) is 16.3. The third-order valence-corrected chi connectivity index (χ3v) is 6.09. The predicted octanol–water partition coefficient (Wildman–Crippen LogP) is 1.79. The molecule has 28 heavy (non-hydrogen) atoms. The summed E-state index contributed by atoms with van der Waals surface area (Å²) in [5, 5.41) is 2.88. The van der Waals surface area contributed by atoms with Crippen LogP contribution in [0.2, 0.25) is 5.02 Å². The molecule has 1 aromatic carbocycles. The molecule has 1 N–H and O–H groups in total. The lowest BCUT2D eigenvalue weighted by atomic mass is 9.85. The SMILES string of the molecule is CN(C)C(=O)c1ccc(Cl)c(NC(=O)CN2C(=O)C3C4C=CC(C4)C3C2=O)c1. The van der Waals surface area contributed by atoms with Crippen molar-refractivity contribution in [2.75, 3.05) is 26.0 Å². The van der Waals surface area contributed by atoms with Crippen molar-refractivity contribution >= 4 is 40.9 Å². The lowest BCUT2D eigenvalue weighted by molar-refractivity contribution is -0.143. The second-order valence-corrected chi connectivity index (χ2v) is 8.11. The number of carbonyl (C=O) groups is 4. The summed E-state index contributed by atoms with van der Waals surface area (Å²) in [6, 6.07) is 4.57. The molecule has 3 aliphatic rings. The number of allylic oxidation sites excluding steroid dienone is 2. The van der Waals surface area contributed by atoms with Crippen molar-refractivity contribution in [3.63, 3.8) is 0 Å². The number of hydrogen-bond acceptors (Lipinski definition) is 4. The van der Waals surface area contributed by atoms with Gasteiger partial charge in [-0.05, 0) is 36.5 Å². The van der Waals surface area contributed by atoms with E-state index in [1.807, 2.05) is 12.2 Å². The first-order valence-corrected chi connectivity index (χ1v) is 9.50. The Kier molecular flexibility index (Phi) is 4.50. The molecule has 4 rings (SSSR count). The molecule has 8 heteroatoms. The van der Waals surface area contributed by atoms with Crippen molar-refractivity contribution in [2.24, 2.45) is 23.7 Å². The van der Waals surface area contributed by atoms with Crippen molar-refractivity contribution in [1.29, 1.82) is 0 Å². The summed E-state index contributed by atoms with van der Waals surface area (Å²) >= 11 is 6.13. The number of carbonyl (C=O) groups excluding carboxylic acids is 4. The van der Waals surface area contributed by atoms with E-state index in [0.29, 0.717) is 5.56 Å². The Morgan fingerprint density at radius 3 is 2.32 bits per heavy atom. The highest BCUT2D eigenvalue weighted by molar-refractivity contribution is 6.34. The lowest BCUT2D eigenvalue weighted by Gasteiger charge is -2.17. The van der Waals surface area contributed by atoms with Crippen LogP contribution in [0, 0.1) is 23.7 Å². The fraction of sp³-hybridized carbons (Fsp3) is 0.400. The van der Waals surface area contributed by atoms with Crippen molar-refractivity contribution < 1.29 is 19.2 Å². The van der Waals surface area contributed by atoms with Crippen molar-refractivity contribution in [3.8, 4) is 0 Å². The largest absolute Gasteiger partial charge is 0.345 e. The van der Waals surface area contributed by atoms with Gasteiger partial charge in [0, 0.05) is 19.7 Å². The van der Waals surface area contributed by atoms with Gasteiger partial charge in [-0.1, -0.05) is 23.8 Å². The van der Waals surface area contributed by atoms with Gasteiger partial charge in [0.25, 0.3) is 5.91 Å². The summed E-state index contributed by atoms with van der Waals surface area (Å²) in [4.78, 5) is 52.4. The number of halogens is 1. The van der Waals surface area contributed by atoms with E-state index in [4.69, 9.17) is 11.6 Å². The zero-order chi connectivity index (χ0) is 20.2. The first kappa shape index (κ1) is 18.7. The van der Waals surface area contributed by atoms with Crippen LogP contribution in [-0.4, -0.2) is 54.1 Å². The van der Waals surface area contributed by atoms with Crippen LogP contribution in [0.5, 0.6) is 0 Å². The maximum atomic E-state index is 12.7. The molecule has 4 atom stereocenters. The van der Waals surface area contributed by atoms with Gasteiger partial charge < -0.3 is 10.2 Å². The average molecular weight is 402 g/mol. The van der Waals surface area contributed by atoms with Gasteiger partial charge in [0.15, 0.2) is 0 Å². The average Bonchev–Trinajstić information content (AvgIpc) is 3.33. The number of amides is 4. The maximum Gasteiger partial charge on any atom is 0.253 e. The smallest absolute Gasteiger partial charge is 0.253 e. The van der Waals surface area contributed by atoms with E-state index in [2.05, 4.69) is 5.32 Å². The Bertz CT molecular complexity index is 896. The molecule has 1 saturated heterocycles. The highest BCUT2D eigenvalue weighted by Crippen LogP contribution is 2.52. The number of anilines is 1. The molecule has 1 aliphatic heterocycles. The third-order valence-electron chi connectivity index (χ3n) is 5.76. The van der Waals surface area contributed by atoms with Crippen LogP contribution in [0.4, 0.5) is 5.69 Å². The van der Waals surface area contributed by atoms with E-state index in [0.717, 1.165) is 11.3 Å². The van der Waals surface area contributed by atoms with E-state index in [-0.39, 0.29) is 58.6 Å². The van der Waals surface area contributed by atoms with E-state index >= 15 is 0 Å². The first-order valence-electron chi connectivity index (χ1n) is 9.12. The second kappa shape index (κ2) is 6.74. The molecule has 0 radical (unpaired) electrons. The summed E-state index contributed by atoms with van der Waals surface area (Å²) in [6.45, 7) is -0.355. The van der Waals surface area contributed by atoms with Crippen molar-refractivity contribution in [1.82, 2.24) is 9.80 Å². The quantitative estimate of drug-likeness (QED) is 0.615. The molecule has 1 heterocycles. The Morgan fingerprint density at radius 2 is 1.75 bits per heavy atom. The molecular formula is C20H20ClN3O4. The molecule has 1 saturated carbocycles. The molecule has 2 bridgehead atoms. The minimum atomic E-state index is -0.529. The Morgan fingerprint density at radius 1 is 1.14 bits per heavy atom. The normalized spacial score (nSPS) is 27.3. The topological polar surface area (TPSA) is 86.8 Å². The summed E-state index contributed by atoms with van der Waals surface area (Å²) in [6.07, 6.45) is 4.86. The number of benzene rings is 1. The third kappa shape index (κ3) is 2.90. The number of hydrogen-bond donors (Lipinski definition) is 1. The molecule has 0 spiro atoms. The molecule has 7 nitrogen and oxygen atoms in total. The second-order valence-electron chi connectivity index (χ2n) is 7.70. The van der Waals surface area contributed by atoms with Crippen LogP contribution in [0.25, 0.3) is 0 Å². The molecule has 1 aromatic rings. The molecule has 4 unspecified atom stereocenters. The molecule has 2 aliphatic carbocycles. The van der Waals surface area contributed by atoms with Crippen LogP contribution in [0.15, 0.2) is 30.4 Å². The van der Waals surface area contributed by atoms with Crippen LogP contribution in [-0.2, 0) is 14.4 Å². The van der Waals surface area contributed by atoms with Crippen molar-refractivity contribution in [2.45, 2.75) is 6.42 Å². The highest BCUT2D eigenvalue weighted by Gasteiger charge is 2.59. The summed E-state index contributed by atoms with van der Waals surface area (Å²) < 4.78 is 0. The van der Waals surface area contributed by atoms with E-state index in [1.165, 1.54) is 17.0 Å². The van der Waals surface area contributed by atoms with Gasteiger partial charge in [-0.15, -0.1) is 0 Å². The Balaban J connectivity index is 1.47. The van der Waals surface area contributed by atoms with Gasteiger partial charge in [-0.2, -0.15) is 0 Å². The molecule has 2 fully saturated rings. The minimum absolute atomic E-state index is 0.0997.